The van der Waals surface area contributed by atoms with Gasteiger partial charge in [0, 0.05) is 19.8 Å². The van der Waals surface area contributed by atoms with E-state index in [-0.39, 0.29) is 17.4 Å². The first kappa shape index (κ1) is 18.9. The number of amides is 2. The van der Waals surface area contributed by atoms with Crippen molar-refractivity contribution in [2.75, 3.05) is 18.9 Å². The summed E-state index contributed by atoms with van der Waals surface area (Å²) in [4.78, 5) is 31.6. The van der Waals surface area contributed by atoms with E-state index in [1.54, 1.807) is 65.0 Å². The van der Waals surface area contributed by atoms with Crippen LogP contribution in [0.4, 0.5) is 5.69 Å². The van der Waals surface area contributed by atoms with Crippen molar-refractivity contribution in [3.8, 4) is 0 Å². The molecule has 0 bridgehead atoms. The zero-order valence-electron chi connectivity index (χ0n) is 15.3. The summed E-state index contributed by atoms with van der Waals surface area (Å²) in [7, 11) is 1.74. The van der Waals surface area contributed by atoms with Crippen LogP contribution in [0.25, 0.3) is 5.52 Å². The molecule has 140 valence electrons. The van der Waals surface area contributed by atoms with E-state index in [9.17, 15) is 9.59 Å². The van der Waals surface area contributed by atoms with E-state index in [0.717, 1.165) is 12.8 Å². The number of aromatic nitrogens is 2. The molecule has 6 nitrogen and oxygen atoms in total. The third-order valence-electron chi connectivity index (χ3n) is 4.27. The molecule has 2 amide bonds. The Morgan fingerprint density at radius 3 is 2.67 bits per heavy atom. The highest BCUT2D eigenvalue weighted by molar-refractivity contribution is 6.34. The number of unbranched alkanes of at least 4 members (excludes halogenated alkanes) is 1. The number of para-hydroxylation sites is 1. The molecule has 0 aliphatic rings. The summed E-state index contributed by atoms with van der Waals surface area (Å²) in [5.41, 5.74) is 1.24. The lowest BCUT2D eigenvalue weighted by Crippen LogP contribution is -2.29. The topological polar surface area (TPSA) is 66.7 Å². The number of rotatable bonds is 6. The monoisotopic (exact) mass is 384 g/mol. The van der Waals surface area contributed by atoms with Crippen molar-refractivity contribution in [2.45, 2.75) is 19.8 Å². The van der Waals surface area contributed by atoms with Crippen LogP contribution in [0.3, 0.4) is 0 Å². The van der Waals surface area contributed by atoms with Crippen LogP contribution in [-0.4, -0.2) is 39.7 Å². The van der Waals surface area contributed by atoms with Crippen molar-refractivity contribution < 1.29 is 9.59 Å². The Hall–Kier alpha value is -2.86. The number of hydrogen-bond acceptors (Lipinski definition) is 3. The van der Waals surface area contributed by atoms with Crippen LogP contribution in [0, 0.1) is 0 Å². The number of benzene rings is 1. The number of hydrogen-bond donors (Lipinski definition) is 1. The van der Waals surface area contributed by atoms with Gasteiger partial charge in [-0.15, -0.1) is 0 Å². The normalized spacial score (nSPS) is 10.8. The predicted octanol–water partition coefficient (Wildman–Crippen LogP) is 4.11. The average Bonchev–Trinajstić information content (AvgIpc) is 3.07. The molecule has 0 spiro atoms. The largest absolute Gasteiger partial charge is 0.339 e. The maximum atomic E-state index is 12.8. The van der Waals surface area contributed by atoms with Gasteiger partial charge in [0.25, 0.3) is 11.8 Å². The second-order valence-electron chi connectivity index (χ2n) is 6.25. The van der Waals surface area contributed by atoms with E-state index in [4.69, 9.17) is 11.6 Å². The van der Waals surface area contributed by atoms with Gasteiger partial charge in [0.2, 0.25) is 5.82 Å². The smallest absolute Gasteiger partial charge is 0.289 e. The molecule has 2 aromatic heterocycles. The van der Waals surface area contributed by atoms with E-state index in [1.807, 2.05) is 0 Å². The Morgan fingerprint density at radius 2 is 1.93 bits per heavy atom. The van der Waals surface area contributed by atoms with Crippen molar-refractivity contribution in [1.82, 2.24) is 14.3 Å². The van der Waals surface area contributed by atoms with E-state index in [0.29, 0.717) is 22.8 Å². The van der Waals surface area contributed by atoms with Crippen molar-refractivity contribution in [3.63, 3.8) is 0 Å². The highest BCUT2D eigenvalue weighted by atomic mass is 35.5. The van der Waals surface area contributed by atoms with Crippen LogP contribution in [-0.2, 0) is 0 Å². The lowest BCUT2D eigenvalue weighted by atomic mass is 10.3. The molecule has 27 heavy (non-hydrogen) atoms. The molecule has 0 saturated carbocycles. The van der Waals surface area contributed by atoms with Crippen LogP contribution >= 0.6 is 11.6 Å². The molecule has 0 unspecified atom stereocenters. The Morgan fingerprint density at radius 1 is 1.19 bits per heavy atom. The molecule has 7 heteroatoms. The number of fused-ring (bicyclic) bond motifs is 1. The van der Waals surface area contributed by atoms with E-state index < -0.39 is 5.91 Å². The van der Waals surface area contributed by atoms with E-state index >= 15 is 0 Å². The van der Waals surface area contributed by atoms with Crippen molar-refractivity contribution >= 4 is 34.6 Å². The number of carbonyl (C=O) groups is 2. The van der Waals surface area contributed by atoms with Gasteiger partial charge >= 0.3 is 0 Å². The number of halogens is 1. The molecule has 1 aromatic carbocycles. The van der Waals surface area contributed by atoms with Crippen LogP contribution in [0.15, 0.2) is 48.7 Å². The molecule has 0 aliphatic heterocycles. The SMILES string of the molecule is CCCCN(C)C(=O)c1nc(C(=O)Nc2ccccc2Cl)c2ccccn12. The molecule has 2 heterocycles. The average molecular weight is 385 g/mol. The lowest BCUT2D eigenvalue weighted by Gasteiger charge is -2.15. The summed E-state index contributed by atoms with van der Waals surface area (Å²) in [6, 6.07) is 12.3. The summed E-state index contributed by atoms with van der Waals surface area (Å²) in [6.07, 6.45) is 3.63. The standard InChI is InChI=1S/C20H21ClN4O2/c1-3-4-12-24(2)20(27)18-23-17(16-11-7-8-13-25(16)18)19(26)22-15-10-6-5-9-14(15)21/h5-11,13H,3-4,12H2,1-2H3,(H,22,26). The number of imidazole rings is 1. The molecule has 0 aliphatic carbocycles. The minimum Gasteiger partial charge on any atom is -0.339 e. The fourth-order valence-corrected chi connectivity index (χ4v) is 2.95. The summed E-state index contributed by atoms with van der Waals surface area (Å²) in [6.45, 7) is 2.71. The van der Waals surface area contributed by atoms with E-state index in [2.05, 4.69) is 17.2 Å². The predicted molar refractivity (Wildman–Crippen MR) is 106 cm³/mol. The first-order valence-corrected chi connectivity index (χ1v) is 9.19. The van der Waals surface area contributed by atoms with Gasteiger partial charge < -0.3 is 10.2 Å². The number of pyridine rings is 1. The molecule has 3 aromatic rings. The third-order valence-corrected chi connectivity index (χ3v) is 4.60. The molecule has 0 atom stereocenters. The Balaban J connectivity index is 1.96. The third kappa shape index (κ3) is 3.95. The quantitative estimate of drug-likeness (QED) is 0.695. The zero-order chi connectivity index (χ0) is 19.4. The summed E-state index contributed by atoms with van der Waals surface area (Å²) >= 11 is 6.12. The van der Waals surface area contributed by atoms with Gasteiger partial charge in [-0.05, 0) is 30.7 Å². The maximum absolute atomic E-state index is 12.8. The zero-order valence-corrected chi connectivity index (χ0v) is 16.0. The van der Waals surface area contributed by atoms with Crippen LogP contribution in [0.5, 0.6) is 0 Å². The summed E-state index contributed by atoms with van der Waals surface area (Å²) in [5, 5.41) is 3.20. The lowest BCUT2D eigenvalue weighted by molar-refractivity contribution is 0.0780. The van der Waals surface area contributed by atoms with Crippen molar-refractivity contribution in [3.05, 3.63) is 65.2 Å². The summed E-state index contributed by atoms with van der Waals surface area (Å²) in [5.74, 6) is -0.419. The highest BCUT2D eigenvalue weighted by Crippen LogP contribution is 2.22. The second kappa shape index (κ2) is 8.22. The van der Waals surface area contributed by atoms with Gasteiger partial charge in [-0.3, -0.25) is 14.0 Å². The number of nitrogens with zero attached hydrogens (tertiary/aromatic N) is 3. The fraction of sp³-hybridized carbons (Fsp3) is 0.250. The Labute approximate surface area is 162 Å². The molecule has 0 radical (unpaired) electrons. The number of nitrogens with one attached hydrogen (secondary N) is 1. The van der Waals surface area contributed by atoms with Crippen LogP contribution in [0.1, 0.15) is 40.9 Å². The van der Waals surface area contributed by atoms with Gasteiger partial charge in [-0.2, -0.15) is 0 Å². The van der Waals surface area contributed by atoms with Gasteiger partial charge in [-0.1, -0.05) is 43.1 Å². The Kier molecular flexibility index (Phi) is 5.76. The Bertz CT molecular complexity index is 983. The highest BCUT2D eigenvalue weighted by Gasteiger charge is 2.23. The summed E-state index contributed by atoms with van der Waals surface area (Å²) < 4.78 is 1.65. The van der Waals surface area contributed by atoms with E-state index in [1.165, 1.54) is 0 Å². The first-order chi connectivity index (χ1) is 13.0. The number of carbonyl (C=O) groups excluding carboxylic acids is 2. The second-order valence-corrected chi connectivity index (χ2v) is 6.66. The molecule has 0 saturated heterocycles. The van der Waals surface area contributed by atoms with Crippen molar-refractivity contribution in [2.24, 2.45) is 0 Å². The maximum Gasteiger partial charge on any atom is 0.289 e. The first-order valence-electron chi connectivity index (χ1n) is 8.81. The van der Waals surface area contributed by atoms with Crippen molar-refractivity contribution in [1.29, 1.82) is 0 Å². The minimum atomic E-state index is -0.415. The molecule has 0 fully saturated rings. The molecular formula is C20H21ClN4O2. The van der Waals surface area contributed by atoms with Gasteiger partial charge in [0.15, 0.2) is 5.69 Å². The minimum absolute atomic E-state index is 0.183. The van der Waals surface area contributed by atoms with Gasteiger partial charge in [0.05, 0.1) is 16.2 Å². The molecule has 1 N–H and O–H groups in total. The van der Waals surface area contributed by atoms with Gasteiger partial charge in [-0.25, -0.2) is 4.98 Å². The molecule has 3 rings (SSSR count). The fourth-order valence-electron chi connectivity index (χ4n) is 2.77. The van der Waals surface area contributed by atoms with Crippen LogP contribution in [0.2, 0.25) is 5.02 Å². The molecular weight excluding hydrogens is 364 g/mol. The van der Waals surface area contributed by atoms with Crippen LogP contribution < -0.4 is 5.32 Å². The van der Waals surface area contributed by atoms with Gasteiger partial charge in [0.1, 0.15) is 0 Å². The number of anilines is 1.